The molecule has 0 spiro atoms. The molecule has 18 heavy (non-hydrogen) atoms. The number of hydrogen-bond donors (Lipinski definition) is 0. The molecule has 0 atom stereocenters. The average Bonchev–Trinajstić information content (AvgIpc) is 2.35. The fraction of sp³-hybridized carbons (Fsp3) is 0.250. The summed E-state index contributed by atoms with van der Waals surface area (Å²) in [7, 11) is 0. The maximum atomic E-state index is 11.8. The van der Waals surface area contributed by atoms with Crippen LogP contribution in [-0.4, -0.2) is 19.6 Å². The van der Waals surface area contributed by atoms with Crippen LogP contribution in [0, 0.1) is 0 Å². The van der Waals surface area contributed by atoms with E-state index in [-0.39, 0.29) is 19.6 Å². The first-order chi connectivity index (χ1) is 8.72. The summed E-state index contributed by atoms with van der Waals surface area (Å²) in [6, 6.07) is 9.94. The van der Waals surface area contributed by atoms with Crippen LogP contribution < -0.4 is 4.46 Å². The zero-order valence-electron chi connectivity index (χ0n) is 10.7. The van der Waals surface area contributed by atoms with E-state index in [2.05, 4.69) is 12.3 Å². The molecule has 94 valence electrons. The Hall–Kier alpha value is -1.33. The Morgan fingerprint density at radius 3 is 2.78 bits per heavy atom. The van der Waals surface area contributed by atoms with Gasteiger partial charge in [0.15, 0.2) is 0 Å². The van der Waals surface area contributed by atoms with E-state index in [1.807, 2.05) is 43.3 Å². The fourth-order valence-electron chi connectivity index (χ4n) is 1.49. The average molecular weight is 305 g/mol. The van der Waals surface area contributed by atoms with Gasteiger partial charge in [-0.15, -0.1) is 0 Å². The van der Waals surface area contributed by atoms with Crippen LogP contribution in [0.2, 0.25) is 0 Å². The first-order valence-electron chi connectivity index (χ1n) is 6.00. The molecule has 0 N–H and O–H groups in total. The third-order valence-corrected chi connectivity index (χ3v) is 4.12. The summed E-state index contributed by atoms with van der Waals surface area (Å²) in [5, 5.41) is 0. The molecule has 1 nitrogen and oxygen atoms in total. The fourth-order valence-corrected chi connectivity index (χ4v) is 3.14. The van der Waals surface area contributed by atoms with Crippen molar-refractivity contribution in [3.63, 3.8) is 0 Å². The van der Waals surface area contributed by atoms with Gasteiger partial charge in [-0.2, -0.15) is 0 Å². The molecule has 2 heteroatoms. The number of allylic oxidation sites excluding steroid dienone is 3. The van der Waals surface area contributed by atoms with Gasteiger partial charge in [0.25, 0.3) is 0 Å². The molecule has 0 aliphatic rings. The molecule has 0 heterocycles. The van der Waals surface area contributed by atoms with Gasteiger partial charge in [-0.05, 0) is 0 Å². The normalized spacial score (nSPS) is 10.8. The summed E-state index contributed by atoms with van der Waals surface area (Å²) in [6.07, 6.45) is 6.73. The van der Waals surface area contributed by atoms with Crippen LogP contribution in [0.3, 0.4) is 0 Å². The molecule has 0 aromatic heterocycles. The van der Waals surface area contributed by atoms with Gasteiger partial charge in [-0.3, -0.25) is 0 Å². The molecular formula is C16H18OSe. The minimum atomic E-state index is -0.0937. The minimum absolute atomic E-state index is 0.0937. The van der Waals surface area contributed by atoms with Crippen molar-refractivity contribution in [2.45, 2.75) is 26.2 Å². The van der Waals surface area contributed by atoms with Gasteiger partial charge in [-0.25, -0.2) is 0 Å². The van der Waals surface area contributed by atoms with E-state index in [0.29, 0.717) is 0 Å². The van der Waals surface area contributed by atoms with Crippen molar-refractivity contribution >= 4 is 24.1 Å². The van der Waals surface area contributed by atoms with Crippen molar-refractivity contribution in [3.05, 3.63) is 60.4 Å². The number of hydrogen-bond acceptors (Lipinski definition) is 1. The van der Waals surface area contributed by atoms with E-state index in [1.165, 1.54) is 0 Å². The van der Waals surface area contributed by atoms with Crippen LogP contribution in [0.1, 0.15) is 26.2 Å². The van der Waals surface area contributed by atoms with Crippen molar-refractivity contribution in [1.82, 2.24) is 0 Å². The topological polar surface area (TPSA) is 17.1 Å². The Kier molecular flexibility index (Phi) is 7.13. The molecule has 0 aliphatic carbocycles. The summed E-state index contributed by atoms with van der Waals surface area (Å²) in [6.45, 7) is 5.55. The number of rotatable bonds is 7. The van der Waals surface area contributed by atoms with E-state index < -0.39 is 0 Å². The predicted octanol–water partition coefficient (Wildman–Crippen LogP) is 3.00. The Morgan fingerprint density at radius 1 is 1.39 bits per heavy atom. The first kappa shape index (κ1) is 14.7. The summed E-state index contributed by atoms with van der Waals surface area (Å²) < 4.78 is 1.37. The molecular weight excluding hydrogens is 287 g/mol. The molecule has 0 radical (unpaired) electrons. The maximum absolute atomic E-state index is 11.8. The molecule has 0 fully saturated rings. The third kappa shape index (κ3) is 6.42. The Morgan fingerprint density at radius 2 is 2.11 bits per heavy atom. The molecule has 0 amide bonds. The van der Waals surface area contributed by atoms with Gasteiger partial charge < -0.3 is 0 Å². The van der Waals surface area contributed by atoms with Crippen LogP contribution in [0.5, 0.6) is 0 Å². The molecule has 0 bridgehead atoms. The molecule has 0 aliphatic heterocycles. The van der Waals surface area contributed by atoms with Crippen molar-refractivity contribution < 1.29 is 4.79 Å². The van der Waals surface area contributed by atoms with E-state index >= 15 is 0 Å². The summed E-state index contributed by atoms with van der Waals surface area (Å²) in [5.41, 5.74) is 3.92. The Labute approximate surface area is 115 Å². The van der Waals surface area contributed by atoms with Crippen LogP contribution >= 0.6 is 0 Å². The second kappa shape index (κ2) is 8.72. The standard InChI is InChI=1S/C16H18OSe/c1-3-4-5-7-10-14(2)13-16(17)18-15-11-8-6-9-12-15/h4,6,8-9,11-13H,1,5,7,10H2,2H3/b14-13-. The van der Waals surface area contributed by atoms with Crippen molar-refractivity contribution in [1.29, 1.82) is 0 Å². The second-order valence-electron chi connectivity index (χ2n) is 4.03. The number of carbonyl (C=O) groups excluding carboxylic acids is 1. The van der Waals surface area contributed by atoms with E-state index in [9.17, 15) is 4.79 Å². The third-order valence-electron chi connectivity index (χ3n) is 2.39. The zero-order chi connectivity index (χ0) is 13.2. The molecule has 0 saturated carbocycles. The summed E-state index contributed by atoms with van der Waals surface area (Å²) in [5.74, 6) is 0. The van der Waals surface area contributed by atoms with Gasteiger partial charge in [0, 0.05) is 0 Å². The van der Waals surface area contributed by atoms with Crippen LogP contribution in [-0.2, 0) is 4.79 Å². The quantitative estimate of drug-likeness (QED) is 0.327. The van der Waals surface area contributed by atoms with Crippen LogP contribution in [0.15, 0.2) is 60.4 Å². The van der Waals surface area contributed by atoms with Crippen LogP contribution in [0.4, 0.5) is 0 Å². The predicted molar refractivity (Wildman–Crippen MR) is 78.2 cm³/mol. The van der Waals surface area contributed by atoms with E-state index in [0.717, 1.165) is 29.3 Å². The molecule has 1 aromatic rings. The van der Waals surface area contributed by atoms with Crippen LogP contribution in [0.25, 0.3) is 0 Å². The van der Waals surface area contributed by atoms with Crippen molar-refractivity contribution in [3.8, 4) is 0 Å². The molecule has 1 rings (SSSR count). The van der Waals surface area contributed by atoms with Crippen molar-refractivity contribution in [2.24, 2.45) is 0 Å². The Balaban J connectivity index is 2.40. The van der Waals surface area contributed by atoms with E-state index in [4.69, 9.17) is 0 Å². The molecule has 1 aromatic carbocycles. The summed E-state index contributed by atoms with van der Waals surface area (Å²) in [4.78, 5) is 11.8. The molecule has 0 unspecified atom stereocenters. The van der Waals surface area contributed by atoms with Gasteiger partial charge in [-0.1, -0.05) is 0 Å². The SMILES string of the molecule is C=C=CCCC/C(C)=C\C(=O)[Se]c1ccccc1. The first-order valence-corrected chi connectivity index (χ1v) is 7.72. The van der Waals surface area contributed by atoms with Gasteiger partial charge in [0.1, 0.15) is 0 Å². The number of unbranched alkanes of at least 4 members (excludes halogenated alkanes) is 1. The number of benzene rings is 1. The zero-order valence-corrected chi connectivity index (χ0v) is 12.4. The monoisotopic (exact) mass is 306 g/mol. The van der Waals surface area contributed by atoms with Gasteiger partial charge in [0.05, 0.1) is 0 Å². The second-order valence-corrected chi connectivity index (χ2v) is 6.29. The molecule has 0 saturated heterocycles. The van der Waals surface area contributed by atoms with Gasteiger partial charge in [0.2, 0.25) is 0 Å². The van der Waals surface area contributed by atoms with Crippen molar-refractivity contribution in [2.75, 3.05) is 0 Å². The Bertz CT molecular complexity index is 453. The summed E-state index contributed by atoms with van der Waals surface area (Å²) >= 11 is -0.0937. The van der Waals surface area contributed by atoms with Gasteiger partial charge >= 0.3 is 115 Å². The van der Waals surface area contributed by atoms with E-state index in [1.54, 1.807) is 6.08 Å². The number of carbonyl (C=O) groups is 1.